The number of halogens is 2. The lowest BCUT2D eigenvalue weighted by molar-refractivity contribution is 0.628. The molecular formula is C16H12ClFN2O. The van der Waals surface area contributed by atoms with Crippen LogP contribution >= 0.6 is 11.6 Å². The minimum atomic E-state index is -0.455. The molecule has 0 radical (unpaired) electrons. The first kappa shape index (κ1) is 13.6. The lowest BCUT2D eigenvalue weighted by atomic mass is 10.1. The Hall–Kier alpha value is -2.33. The SMILES string of the molecule is O=c1cc(CNc2ccc(F)c(Cl)c2)c2ccccc2[nH]1. The Bertz CT molecular complexity index is 860. The van der Waals surface area contributed by atoms with E-state index >= 15 is 0 Å². The zero-order valence-electron chi connectivity index (χ0n) is 11.0. The number of rotatable bonds is 3. The number of aromatic nitrogens is 1. The molecule has 0 spiro atoms. The van der Waals surface area contributed by atoms with Gasteiger partial charge in [0, 0.05) is 29.2 Å². The van der Waals surface area contributed by atoms with Crippen molar-refractivity contribution in [2.75, 3.05) is 5.32 Å². The first-order chi connectivity index (χ1) is 10.1. The molecule has 3 rings (SSSR count). The molecule has 1 heterocycles. The maximum absolute atomic E-state index is 13.1. The molecule has 0 fully saturated rings. The van der Waals surface area contributed by atoms with Crippen LogP contribution in [-0.4, -0.2) is 4.98 Å². The molecule has 5 heteroatoms. The largest absolute Gasteiger partial charge is 0.381 e. The molecule has 0 aliphatic carbocycles. The molecule has 3 aromatic rings. The highest BCUT2D eigenvalue weighted by atomic mass is 35.5. The summed E-state index contributed by atoms with van der Waals surface area (Å²) >= 11 is 5.75. The standard InChI is InChI=1S/C16H12ClFN2O/c17-13-8-11(5-6-14(13)18)19-9-10-7-16(21)20-15-4-2-1-3-12(10)15/h1-8,19H,9H2,(H,20,21). The maximum Gasteiger partial charge on any atom is 0.248 e. The fraction of sp³-hybridized carbons (Fsp3) is 0.0625. The van der Waals surface area contributed by atoms with Crippen LogP contribution in [0.5, 0.6) is 0 Å². The summed E-state index contributed by atoms with van der Waals surface area (Å²) in [6, 6.07) is 13.6. The van der Waals surface area contributed by atoms with E-state index in [1.165, 1.54) is 12.1 Å². The first-order valence-electron chi connectivity index (χ1n) is 6.43. The number of H-pyrrole nitrogens is 1. The van der Waals surface area contributed by atoms with Gasteiger partial charge >= 0.3 is 0 Å². The number of anilines is 1. The van der Waals surface area contributed by atoms with Gasteiger partial charge in [-0.25, -0.2) is 4.39 Å². The summed E-state index contributed by atoms with van der Waals surface area (Å²) in [7, 11) is 0. The second kappa shape index (κ2) is 5.58. The molecule has 0 bridgehead atoms. The molecule has 1 aromatic heterocycles. The fourth-order valence-corrected chi connectivity index (χ4v) is 2.41. The molecule has 2 N–H and O–H groups in total. The van der Waals surface area contributed by atoms with Gasteiger partial charge in [0.15, 0.2) is 0 Å². The molecule has 0 amide bonds. The average Bonchev–Trinajstić information content (AvgIpc) is 2.48. The number of fused-ring (bicyclic) bond motifs is 1. The molecular weight excluding hydrogens is 291 g/mol. The molecule has 0 unspecified atom stereocenters. The fourth-order valence-electron chi connectivity index (χ4n) is 2.23. The van der Waals surface area contributed by atoms with Crippen LogP contribution < -0.4 is 10.9 Å². The summed E-state index contributed by atoms with van der Waals surface area (Å²) in [5.74, 6) is -0.455. The molecule has 0 atom stereocenters. The molecule has 3 nitrogen and oxygen atoms in total. The number of aromatic amines is 1. The van der Waals surface area contributed by atoms with Gasteiger partial charge in [0.1, 0.15) is 5.82 Å². The van der Waals surface area contributed by atoms with Crippen LogP contribution in [0.1, 0.15) is 5.56 Å². The van der Waals surface area contributed by atoms with E-state index in [0.717, 1.165) is 16.5 Å². The monoisotopic (exact) mass is 302 g/mol. The molecule has 2 aromatic carbocycles. The average molecular weight is 303 g/mol. The Kier molecular flexibility index (Phi) is 3.62. The topological polar surface area (TPSA) is 44.9 Å². The normalized spacial score (nSPS) is 10.8. The van der Waals surface area contributed by atoms with Crippen molar-refractivity contribution in [3.8, 4) is 0 Å². The van der Waals surface area contributed by atoms with Crippen molar-refractivity contribution in [3.63, 3.8) is 0 Å². The van der Waals surface area contributed by atoms with Gasteiger partial charge in [0.25, 0.3) is 0 Å². The van der Waals surface area contributed by atoms with E-state index in [9.17, 15) is 9.18 Å². The van der Waals surface area contributed by atoms with Crippen molar-refractivity contribution >= 4 is 28.2 Å². The number of nitrogens with one attached hydrogen (secondary N) is 2. The third-order valence-electron chi connectivity index (χ3n) is 3.24. The second-order valence-corrected chi connectivity index (χ2v) is 5.09. The summed E-state index contributed by atoms with van der Waals surface area (Å²) in [6.45, 7) is 0.451. The molecule has 0 aliphatic rings. The van der Waals surface area contributed by atoms with Gasteiger partial charge in [-0.05, 0) is 29.8 Å². The number of para-hydroxylation sites is 1. The van der Waals surface area contributed by atoms with E-state index < -0.39 is 5.82 Å². The predicted molar refractivity (Wildman–Crippen MR) is 83.3 cm³/mol. The lowest BCUT2D eigenvalue weighted by Gasteiger charge is -2.09. The lowest BCUT2D eigenvalue weighted by Crippen LogP contribution is -2.09. The molecule has 106 valence electrons. The van der Waals surface area contributed by atoms with Crippen molar-refractivity contribution in [2.45, 2.75) is 6.54 Å². The van der Waals surface area contributed by atoms with E-state index in [2.05, 4.69) is 10.3 Å². The summed E-state index contributed by atoms with van der Waals surface area (Å²) in [5, 5.41) is 4.18. The van der Waals surface area contributed by atoms with Crippen LogP contribution in [0, 0.1) is 5.82 Å². The van der Waals surface area contributed by atoms with Gasteiger partial charge in [0.2, 0.25) is 5.56 Å². The van der Waals surface area contributed by atoms with Crippen molar-refractivity contribution < 1.29 is 4.39 Å². The highest BCUT2D eigenvalue weighted by molar-refractivity contribution is 6.31. The van der Waals surface area contributed by atoms with Crippen molar-refractivity contribution in [2.24, 2.45) is 0 Å². The number of benzene rings is 2. The summed E-state index contributed by atoms with van der Waals surface area (Å²) in [4.78, 5) is 14.5. The smallest absolute Gasteiger partial charge is 0.248 e. The van der Waals surface area contributed by atoms with Crippen LogP contribution in [0.25, 0.3) is 10.9 Å². The maximum atomic E-state index is 13.1. The molecule has 0 saturated carbocycles. The van der Waals surface area contributed by atoms with Crippen molar-refractivity contribution in [1.82, 2.24) is 4.98 Å². The zero-order chi connectivity index (χ0) is 14.8. The van der Waals surface area contributed by atoms with E-state index in [0.29, 0.717) is 12.2 Å². The van der Waals surface area contributed by atoms with Crippen LogP contribution in [0.15, 0.2) is 53.3 Å². The van der Waals surface area contributed by atoms with Gasteiger partial charge in [-0.2, -0.15) is 0 Å². The van der Waals surface area contributed by atoms with Gasteiger partial charge in [-0.15, -0.1) is 0 Å². The van der Waals surface area contributed by atoms with Gasteiger partial charge in [-0.3, -0.25) is 4.79 Å². The summed E-state index contributed by atoms with van der Waals surface area (Å²) in [5.41, 5.74) is 2.21. The second-order valence-electron chi connectivity index (χ2n) is 4.69. The van der Waals surface area contributed by atoms with Crippen LogP contribution in [-0.2, 0) is 6.54 Å². The highest BCUT2D eigenvalue weighted by Gasteiger charge is 2.04. The summed E-state index contributed by atoms with van der Waals surface area (Å²) in [6.07, 6.45) is 0. The minimum Gasteiger partial charge on any atom is -0.381 e. The number of hydrogen-bond donors (Lipinski definition) is 2. The van der Waals surface area contributed by atoms with E-state index in [1.807, 2.05) is 24.3 Å². The predicted octanol–water partition coefficient (Wildman–Crippen LogP) is 3.93. The molecule has 0 saturated heterocycles. The first-order valence-corrected chi connectivity index (χ1v) is 6.81. The molecule has 0 aliphatic heterocycles. The Morgan fingerprint density at radius 1 is 1.14 bits per heavy atom. The quantitative estimate of drug-likeness (QED) is 0.770. The Balaban J connectivity index is 1.91. The third-order valence-corrected chi connectivity index (χ3v) is 3.53. The Morgan fingerprint density at radius 3 is 2.76 bits per heavy atom. The van der Waals surface area contributed by atoms with Crippen LogP contribution in [0.4, 0.5) is 10.1 Å². The van der Waals surface area contributed by atoms with E-state index in [-0.39, 0.29) is 10.6 Å². The third kappa shape index (κ3) is 2.90. The molecule has 21 heavy (non-hydrogen) atoms. The van der Waals surface area contributed by atoms with E-state index in [4.69, 9.17) is 11.6 Å². The number of hydrogen-bond acceptors (Lipinski definition) is 2. The van der Waals surface area contributed by atoms with Crippen molar-refractivity contribution in [1.29, 1.82) is 0 Å². The van der Waals surface area contributed by atoms with Crippen LogP contribution in [0.3, 0.4) is 0 Å². The summed E-state index contributed by atoms with van der Waals surface area (Å²) < 4.78 is 13.1. The number of pyridine rings is 1. The van der Waals surface area contributed by atoms with Crippen molar-refractivity contribution in [3.05, 3.63) is 75.3 Å². The van der Waals surface area contributed by atoms with Gasteiger partial charge < -0.3 is 10.3 Å². The zero-order valence-corrected chi connectivity index (χ0v) is 11.7. The van der Waals surface area contributed by atoms with E-state index in [1.54, 1.807) is 12.1 Å². The van der Waals surface area contributed by atoms with Crippen LogP contribution in [0.2, 0.25) is 5.02 Å². The van der Waals surface area contributed by atoms with Gasteiger partial charge in [0.05, 0.1) is 5.02 Å². The Morgan fingerprint density at radius 2 is 1.95 bits per heavy atom. The highest BCUT2D eigenvalue weighted by Crippen LogP contribution is 2.21. The Labute approximate surface area is 125 Å². The van der Waals surface area contributed by atoms with Gasteiger partial charge in [-0.1, -0.05) is 29.8 Å². The minimum absolute atomic E-state index is 0.0655.